The number of nitrogens with one attached hydrogen (secondary N) is 2. The molecule has 1 aliphatic rings. The van der Waals surface area contributed by atoms with Gasteiger partial charge in [-0.3, -0.25) is 10.2 Å². The van der Waals surface area contributed by atoms with Gasteiger partial charge in [-0.05, 0) is 88.3 Å². The summed E-state index contributed by atoms with van der Waals surface area (Å²) >= 11 is 0. The third-order valence-electron chi connectivity index (χ3n) is 10.7. The van der Waals surface area contributed by atoms with Crippen LogP contribution in [0.4, 0.5) is 0 Å². The lowest BCUT2D eigenvalue weighted by molar-refractivity contribution is -0.130. The summed E-state index contributed by atoms with van der Waals surface area (Å²) in [6, 6.07) is 47.5. The highest BCUT2D eigenvalue weighted by atomic mass is 32.2. The monoisotopic (exact) mass is 894 g/mol. The van der Waals surface area contributed by atoms with E-state index in [4.69, 9.17) is 23.9 Å². The van der Waals surface area contributed by atoms with Crippen LogP contribution in [0, 0.1) is 0 Å². The lowest BCUT2D eigenvalue weighted by Gasteiger charge is -2.31. The number of rotatable bonds is 23. The maximum Gasteiger partial charge on any atom is 0.266 e. The van der Waals surface area contributed by atoms with Crippen LogP contribution in [-0.4, -0.2) is 56.4 Å². The van der Waals surface area contributed by atoms with Crippen molar-refractivity contribution in [1.82, 2.24) is 10.9 Å². The molecule has 0 saturated heterocycles. The van der Waals surface area contributed by atoms with Crippen molar-refractivity contribution >= 4 is 21.6 Å². The van der Waals surface area contributed by atoms with Gasteiger partial charge < -0.3 is 24.1 Å². The van der Waals surface area contributed by atoms with Gasteiger partial charge in [-0.1, -0.05) is 114 Å². The molecule has 3 N–H and O–H groups in total. The van der Waals surface area contributed by atoms with Crippen LogP contribution in [0.3, 0.4) is 0 Å². The molecule has 6 aromatic carbocycles. The van der Waals surface area contributed by atoms with Gasteiger partial charge in [-0.2, -0.15) is 0 Å². The van der Waals surface area contributed by atoms with Crippen LogP contribution >= 0.6 is 0 Å². The van der Waals surface area contributed by atoms with Crippen molar-refractivity contribution < 1.29 is 37.3 Å². The average molecular weight is 895 g/mol. The molecule has 0 fully saturated rings. The first-order valence-corrected chi connectivity index (χ1v) is 22.9. The molecule has 65 heavy (non-hydrogen) atoms. The van der Waals surface area contributed by atoms with E-state index < -0.39 is 33.1 Å². The fourth-order valence-electron chi connectivity index (χ4n) is 7.29. The number of carbonyl (C=O) groups excluding carboxylic acids is 1. The molecule has 1 heterocycles. The maximum absolute atomic E-state index is 14.9. The van der Waals surface area contributed by atoms with Gasteiger partial charge in [-0.25, -0.2) is 18.8 Å². The second-order valence-electron chi connectivity index (χ2n) is 15.2. The van der Waals surface area contributed by atoms with E-state index in [1.54, 1.807) is 66.7 Å². The van der Waals surface area contributed by atoms with E-state index in [1.807, 2.05) is 78.9 Å². The second kappa shape index (κ2) is 22.5. The van der Waals surface area contributed by atoms with Crippen molar-refractivity contribution in [1.29, 1.82) is 0 Å². The Morgan fingerprint density at radius 1 is 0.785 bits per heavy atom. The third kappa shape index (κ3) is 12.1. The number of benzene rings is 6. The molecule has 0 aromatic heterocycles. The number of carbonyl (C=O) groups is 1. The smallest absolute Gasteiger partial charge is 0.266 e. The van der Waals surface area contributed by atoms with Crippen LogP contribution in [0.15, 0.2) is 173 Å². The Bertz CT molecular complexity index is 2680. The van der Waals surface area contributed by atoms with Crippen LogP contribution in [-0.2, 0) is 45.5 Å². The Kier molecular flexibility index (Phi) is 15.8. The van der Waals surface area contributed by atoms with E-state index in [0.717, 1.165) is 16.7 Å². The average Bonchev–Trinajstić information content (AvgIpc) is 3.75. The molecule has 15 heteroatoms. The van der Waals surface area contributed by atoms with Crippen molar-refractivity contribution in [2.45, 2.75) is 55.6 Å². The zero-order chi connectivity index (χ0) is 45.3. The van der Waals surface area contributed by atoms with Crippen LogP contribution in [0.5, 0.6) is 17.2 Å². The first-order chi connectivity index (χ1) is 31.8. The minimum atomic E-state index is -3.91. The van der Waals surface area contributed by atoms with Gasteiger partial charge in [-0.15, -0.1) is 0 Å². The molecular weight excluding hydrogens is 845 g/mol. The number of aliphatic imine (C=N–C) groups is 1. The Morgan fingerprint density at radius 3 is 2.11 bits per heavy atom. The molecule has 0 spiro atoms. The number of sulfone groups is 1. The second-order valence-corrected chi connectivity index (χ2v) is 17.3. The molecule has 7 rings (SSSR count). The molecule has 0 bridgehead atoms. The summed E-state index contributed by atoms with van der Waals surface area (Å²) in [5.41, 5.74) is 17.9. The molecule has 14 nitrogen and oxygen atoms in total. The zero-order valence-corrected chi connectivity index (χ0v) is 36.5. The fraction of sp³-hybridized carbons (Fsp3) is 0.240. The molecule has 6 aromatic rings. The van der Waals surface area contributed by atoms with E-state index >= 15 is 0 Å². The Labute approximate surface area is 378 Å². The third-order valence-corrected chi connectivity index (χ3v) is 12.5. The van der Waals surface area contributed by atoms with Gasteiger partial charge in [0.2, 0.25) is 5.90 Å². The van der Waals surface area contributed by atoms with Gasteiger partial charge >= 0.3 is 0 Å². The number of nitrogens with zero attached hydrogens (tertiary/aromatic N) is 4. The van der Waals surface area contributed by atoms with Crippen molar-refractivity contribution in [3.63, 3.8) is 0 Å². The standard InChI is InChI=1S/C50H50N6O8S/c51-56-53-34-41-17-10-11-20-44(41)47-50(28-32-65(59,60)43-18-8-3-9-19-43,54-48(64-47)40-22-24-42(25-23-40)61-31-12-30-57)49(58)55-52-29-27-37-21-26-45(62-35-38-13-4-1-5-14-38)46(33-37)63-36-39-15-6-2-7-16-39/h1-11,13-26,33,47,52,57H,12,27-32,34-36H2,(H,55,58)/t47-,50-/m0/s1. The molecule has 0 radical (unpaired) electrons. The van der Waals surface area contributed by atoms with E-state index in [0.29, 0.717) is 66.6 Å². The number of hydrogen-bond acceptors (Lipinski definition) is 11. The summed E-state index contributed by atoms with van der Waals surface area (Å²) < 4.78 is 52.6. The zero-order valence-electron chi connectivity index (χ0n) is 35.7. The summed E-state index contributed by atoms with van der Waals surface area (Å²) in [6.45, 7) is 1.24. The molecule has 2 atom stereocenters. The lowest BCUT2D eigenvalue weighted by Crippen LogP contribution is -2.53. The maximum atomic E-state index is 14.9. The number of amides is 1. The van der Waals surface area contributed by atoms with Crippen LogP contribution < -0.4 is 25.1 Å². The van der Waals surface area contributed by atoms with E-state index in [2.05, 4.69) is 20.9 Å². The van der Waals surface area contributed by atoms with Crippen LogP contribution in [0.1, 0.15) is 52.3 Å². The van der Waals surface area contributed by atoms with Gasteiger partial charge in [0.15, 0.2) is 33.0 Å². The minimum Gasteiger partial charge on any atom is -0.494 e. The predicted octanol–water partition coefficient (Wildman–Crippen LogP) is 8.40. The first-order valence-electron chi connectivity index (χ1n) is 21.2. The quantitative estimate of drug-likeness (QED) is 0.0186. The normalized spacial score (nSPS) is 15.5. The highest BCUT2D eigenvalue weighted by Crippen LogP contribution is 2.44. The number of hydrogen-bond donors (Lipinski definition) is 3. The van der Waals surface area contributed by atoms with Crippen LogP contribution in [0.25, 0.3) is 10.4 Å². The van der Waals surface area contributed by atoms with Crippen molar-refractivity contribution in [3.05, 3.63) is 202 Å². The van der Waals surface area contributed by atoms with Gasteiger partial charge in [0, 0.05) is 36.5 Å². The number of azide groups is 1. The summed E-state index contributed by atoms with van der Waals surface area (Å²) in [4.78, 5) is 23.0. The molecule has 1 aliphatic heterocycles. The van der Waals surface area contributed by atoms with E-state index in [9.17, 15) is 23.8 Å². The number of aliphatic hydroxyl groups is 1. The largest absolute Gasteiger partial charge is 0.494 e. The predicted molar refractivity (Wildman–Crippen MR) is 247 cm³/mol. The van der Waals surface area contributed by atoms with E-state index in [-0.39, 0.29) is 36.9 Å². The van der Waals surface area contributed by atoms with Crippen molar-refractivity contribution in [2.24, 2.45) is 10.1 Å². The van der Waals surface area contributed by atoms with Crippen LogP contribution in [0.2, 0.25) is 0 Å². The van der Waals surface area contributed by atoms with Gasteiger partial charge in [0.05, 0.1) is 23.8 Å². The van der Waals surface area contributed by atoms with Gasteiger partial charge in [0.25, 0.3) is 5.91 Å². The molecular formula is C50H50N6O8S. The Morgan fingerprint density at radius 2 is 1.43 bits per heavy atom. The van der Waals surface area contributed by atoms with Crippen molar-refractivity contribution in [3.8, 4) is 17.2 Å². The summed E-state index contributed by atoms with van der Waals surface area (Å²) in [5.74, 6) is 0.764. The number of ether oxygens (including phenoxy) is 4. The summed E-state index contributed by atoms with van der Waals surface area (Å²) in [7, 11) is -3.91. The molecule has 0 aliphatic carbocycles. The summed E-state index contributed by atoms with van der Waals surface area (Å²) in [6.07, 6.45) is -0.473. The topological polar surface area (TPSA) is 194 Å². The summed E-state index contributed by atoms with van der Waals surface area (Å²) in [5, 5.41) is 13.0. The van der Waals surface area contributed by atoms with Gasteiger partial charge in [0.1, 0.15) is 19.0 Å². The van der Waals surface area contributed by atoms with E-state index in [1.165, 1.54) is 12.1 Å². The highest BCUT2D eigenvalue weighted by Gasteiger charge is 2.54. The molecule has 0 unspecified atom stereocenters. The molecule has 0 saturated carbocycles. The SMILES string of the molecule is [N-]=[N+]=NCc1ccccc1[C@@H]1OC(c2ccc(OCCCO)cc2)=N[C@]1(CCS(=O)(=O)c1ccccc1)C(=O)NNCCc1ccc(OCc2ccccc2)c(OCc2ccccc2)c1. The lowest BCUT2D eigenvalue weighted by atomic mass is 9.83. The molecule has 334 valence electrons. The Hall–Kier alpha value is -7.16. The first kappa shape index (κ1) is 45.9. The number of aliphatic hydroxyl groups excluding tert-OH is 1. The minimum absolute atomic E-state index is 0.00650. The molecule has 1 amide bonds. The fourth-order valence-corrected chi connectivity index (χ4v) is 8.68. The highest BCUT2D eigenvalue weighted by molar-refractivity contribution is 7.91. The Balaban J connectivity index is 1.16. The van der Waals surface area contributed by atoms with Crippen molar-refractivity contribution in [2.75, 3.05) is 25.5 Å². The number of hydrazine groups is 1.